The van der Waals surface area contributed by atoms with Crippen LogP contribution in [0.4, 0.5) is 0 Å². The molecular formula is C5H13O2P. The highest BCUT2D eigenvalue weighted by Gasteiger charge is 2.09. The average Bonchev–Trinajstić information content (AvgIpc) is 1.67. The van der Waals surface area contributed by atoms with E-state index in [4.69, 9.17) is 4.74 Å². The molecule has 0 aliphatic carbocycles. The molecule has 0 aliphatic heterocycles. The van der Waals surface area contributed by atoms with Crippen molar-refractivity contribution < 1.29 is 9.30 Å². The van der Waals surface area contributed by atoms with E-state index in [2.05, 4.69) is 0 Å². The predicted octanol–water partition coefficient (Wildman–Crippen LogP) is 1.60. The highest BCUT2D eigenvalue weighted by molar-refractivity contribution is 7.62. The molecule has 0 aromatic rings. The molecule has 0 saturated carbocycles. The third kappa shape index (κ3) is 3.23. The largest absolute Gasteiger partial charge is 0.377 e. The molecule has 0 radical (unpaired) electrons. The first-order valence-electron chi connectivity index (χ1n) is 2.67. The van der Waals surface area contributed by atoms with Crippen molar-refractivity contribution in [2.45, 2.75) is 6.92 Å². The minimum absolute atomic E-state index is 0.420. The molecule has 0 bridgehead atoms. The van der Waals surface area contributed by atoms with Crippen molar-refractivity contribution in [2.24, 2.45) is 0 Å². The summed E-state index contributed by atoms with van der Waals surface area (Å²) in [7, 11) is -0.320. The zero-order valence-corrected chi connectivity index (χ0v) is 6.57. The SMILES string of the molecule is CCP(C)(=O)COC. The van der Waals surface area contributed by atoms with Gasteiger partial charge in [0.15, 0.2) is 0 Å². The Bertz CT molecular complexity index is 101. The fraction of sp³-hybridized carbons (Fsp3) is 1.00. The van der Waals surface area contributed by atoms with Crippen LogP contribution in [0.1, 0.15) is 6.92 Å². The van der Waals surface area contributed by atoms with Gasteiger partial charge >= 0.3 is 0 Å². The van der Waals surface area contributed by atoms with Gasteiger partial charge < -0.3 is 9.30 Å². The Morgan fingerprint density at radius 1 is 1.62 bits per heavy atom. The summed E-state index contributed by atoms with van der Waals surface area (Å²) in [5.74, 6) is 0. The van der Waals surface area contributed by atoms with E-state index >= 15 is 0 Å². The molecule has 0 aromatic carbocycles. The third-order valence-corrected chi connectivity index (χ3v) is 3.21. The molecule has 2 nitrogen and oxygen atoms in total. The molecule has 8 heavy (non-hydrogen) atoms. The van der Waals surface area contributed by atoms with E-state index < -0.39 is 7.14 Å². The Morgan fingerprint density at radius 3 is 2.25 bits per heavy atom. The van der Waals surface area contributed by atoms with Gasteiger partial charge in [0.2, 0.25) is 0 Å². The lowest BCUT2D eigenvalue weighted by Crippen LogP contribution is -1.91. The Morgan fingerprint density at radius 2 is 2.12 bits per heavy atom. The normalized spacial score (nSPS) is 17.9. The highest BCUT2D eigenvalue weighted by atomic mass is 31.2. The van der Waals surface area contributed by atoms with Gasteiger partial charge in [-0.15, -0.1) is 0 Å². The van der Waals surface area contributed by atoms with Crippen LogP contribution in [0, 0.1) is 0 Å². The summed E-state index contributed by atoms with van der Waals surface area (Å²) in [6, 6.07) is 0. The van der Waals surface area contributed by atoms with Gasteiger partial charge in [-0.05, 0) is 12.8 Å². The summed E-state index contributed by atoms with van der Waals surface area (Å²) in [4.78, 5) is 0. The lowest BCUT2D eigenvalue weighted by molar-refractivity contribution is 0.249. The van der Waals surface area contributed by atoms with E-state index in [0.717, 1.165) is 6.16 Å². The zero-order chi connectivity index (χ0) is 6.62. The van der Waals surface area contributed by atoms with Gasteiger partial charge in [0.05, 0.1) is 6.35 Å². The van der Waals surface area contributed by atoms with Gasteiger partial charge in [-0.25, -0.2) is 0 Å². The van der Waals surface area contributed by atoms with Crippen LogP contribution in [0.3, 0.4) is 0 Å². The highest BCUT2D eigenvalue weighted by Crippen LogP contribution is 2.39. The van der Waals surface area contributed by atoms with E-state index in [1.165, 1.54) is 0 Å². The molecular weight excluding hydrogens is 123 g/mol. The summed E-state index contributed by atoms with van der Waals surface area (Å²) in [5, 5.41) is 0. The molecule has 1 unspecified atom stereocenters. The van der Waals surface area contributed by atoms with Crippen LogP contribution in [0.25, 0.3) is 0 Å². The van der Waals surface area contributed by atoms with E-state index in [-0.39, 0.29) is 0 Å². The zero-order valence-electron chi connectivity index (χ0n) is 5.68. The lowest BCUT2D eigenvalue weighted by Gasteiger charge is -2.06. The first kappa shape index (κ1) is 8.19. The van der Waals surface area contributed by atoms with Crippen molar-refractivity contribution in [1.29, 1.82) is 0 Å². The molecule has 50 valence electrons. The quantitative estimate of drug-likeness (QED) is 0.551. The second-order valence-corrected chi connectivity index (χ2v) is 5.52. The van der Waals surface area contributed by atoms with Gasteiger partial charge in [-0.3, -0.25) is 0 Å². The predicted molar refractivity (Wildman–Crippen MR) is 35.9 cm³/mol. The lowest BCUT2D eigenvalue weighted by atomic mass is 11.0. The van der Waals surface area contributed by atoms with Crippen molar-refractivity contribution in [3.63, 3.8) is 0 Å². The number of methoxy groups -OCH3 is 1. The minimum atomic E-state index is -1.90. The molecule has 0 amide bonds. The van der Waals surface area contributed by atoms with Crippen LogP contribution >= 0.6 is 7.14 Å². The molecule has 0 N–H and O–H groups in total. The Kier molecular flexibility index (Phi) is 3.34. The van der Waals surface area contributed by atoms with Crippen molar-refractivity contribution in [3.8, 4) is 0 Å². The van der Waals surface area contributed by atoms with E-state index in [0.29, 0.717) is 6.35 Å². The number of hydrogen-bond acceptors (Lipinski definition) is 2. The molecule has 0 aliphatic rings. The van der Waals surface area contributed by atoms with Gasteiger partial charge in [-0.1, -0.05) is 6.92 Å². The number of hydrogen-bond donors (Lipinski definition) is 0. The molecule has 0 aromatic heterocycles. The molecule has 3 heteroatoms. The Balaban J connectivity index is 3.55. The summed E-state index contributed by atoms with van der Waals surface area (Å²) in [5.41, 5.74) is 0. The Hall–Kier alpha value is 0.190. The van der Waals surface area contributed by atoms with Gasteiger partial charge in [0.25, 0.3) is 0 Å². The van der Waals surface area contributed by atoms with E-state index in [1.54, 1.807) is 13.8 Å². The van der Waals surface area contributed by atoms with E-state index in [1.807, 2.05) is 6.92 Å². The van der Waals surface area contributed by atoms with Gasteiger partial charge in [0.1, 0.15) is 7.14 Å². The van der Waals surface area contributed by atoms with Crippen LogP contribution in [0.5, 0.6) is 0 Å². The number of ether oxygens (including phenoxy) is 1. The molecule has 0 spiro atoms. The first-order chi connectivity index (χ1) is 3.62. The average molecular weight is 136 g/mol. The van der Waals surface area contributed by atoms with Crippen molar-refractivity contribution in [1.82, 2.24) is 0 Å². The van der Waals surface area contributed by atoms with Crippen LogP contribution in [0.15, 0.2) is 0 Å². The smallest absolute Gasteiger partial charge is 0.109 e. The van der Waals surface area contributed by atoms with Crippen molar-refractivity contribution in [2.75, 3.05) is 26.3 Å². The van der Waals surface area contributed by atoms with Crippen LogP contribution < -0.4 is 0 Å². The maximum Gasteiger partial charge on any atom is 0.109 e. The van der Waals surface area contributed by atoms with Crippen LogP contribution in [0.2, 0.25) is 0 Å². The molecule has 0 rings (SSSR count). The standard InChI is InChI=1S/C5H13O2P/c1-4-8(3,6)5-7-2/h4-5H2,1-3H3. The second-order valence-electron chi connectivity index (χ2n) is 2.03. The van der Waals surface area contributed by atoms with Gasteiger partial charge in [-0.2, -0.15) is 0 Å². The maximum atomic E-state index is 11.1. The monoisotopic (exact) mass is 136 g/mol. The van der Waals surface area contributed by atoms with Gasteiger partial charge in [0, 0.05) is 7.11 Å². The molecule has 0 fully saturated rings. The third-order valence-electron chi connectivity index (χ3n) is 1.07. The van der Waals surface area contributed by atoms with Crippen molar-refractivity contribution >= 4 is 7.14 Å². The fourth-order valence-corrected chi connectivity index (χ4v) is 1.09. The molecule has 0 heterocycles. The Labute approximate surface area is 50.6 Å². The van der Waals surface area contributed by atoms with Crippen molar-refractivity contribution in [3.05, 3.63) is 0 Å². The summed E-state index contributed by atoms with van der Waals surface area (Å²) in [6.45, 7) is 3.68. The number of rotatable bonds is 3. The maximum absolute atomic E-state index is 11.1. The van der Waals surface area contributed by atoms with Crippen LogP contribution in [-0.4, -0.2) is 26.3 Å². The second kappa shape index (κ2) is 3.26. The summed E-state index contributed by atoms with van der Waals surface area (Å²) < 4.78 is 15.8. The fourth-order valence-electron chi connectivity index (χ4n) is 0.364. The summed E-state index contributed by atoms with van der Waals surface area (Å²) >= 11 is 0. The molecule has 0 saturated heterocycles. The van der Waals surface area contributed by atoms with Crippen LogP contribution in [-0.2, 0) is 9.30 Å². The first-order valence-corrected chi connectivity index (χ1v) is 5.19. The minimum Gasteiger partial charge on any atom is -0.377 e. The topological polar surface area (TPSA) is 26.3 Å². The van der Waals surface area contributed by atoms with E-state index in [9.17, 15) is 4.57 Å². The summed E-state index contributed by atoms with van der Waals surface area (Å²) in [6.07, 6.45) is 1.16. The molecule has 1 atom stereocenters.